The van der Waals surface area contributed by atoms with Gasteiger partial charge in [-0.2, -0.15) is 0 Å². The van der Waals surface area contributed by atoms with Crippen molar-refractivity contribution in [3.8, 4) is 0 Å². The van der Waals surface area contributed by atoms with Crippen LogP contribution >= 0.6 is 15.9 Å². The maximum absolute atomic E-state index is 10.5. The molecule has 0 amide bonds. The van der Waals surface area contributed by atoms with E-state index in [0.29, 0.717) is 6.54 Å². The van der Waals surface area contributed by atoms with Gasteiger partial charge in [0.15, 0.2) is 0 Å². The standard InChI is InChI=1S/C10H12BrNO2/c1-7(10(13)14)12-6-8-2-4-9(11)5-3-8/h2-5,7,12H,6H2,1H3,(H,13,14)/t7-/m1/s1. The Kier molecular flexibility index (Phi) is 4.10. The molecule has 0 unspecified atom stereocenters. The third-order valence-electron chi connectivity index (χ3n) is 1.90. The van der Waals surface area contributed by atoms with Crippen LogP contribution in [0.1, 0.15) is 12.5 Å². The second-order valence-electron chi connectivity index (χ2n) is 3.07. The Bertz CT molecular complexity index is 310. The molecule has 0 spiro atoms. The molecule has 1 aromatic rings. The van der Waals surface area contributed by atoms with Crippen LogP contribution in [0.25, 0.3) is 0 Å². The van der Waals surface area contributed by atoms with Crippen molar-refractivity contribution in [2.75, 3.05) is 0 Å². The number of carbonyl (C=O) groups is 1. The molecular weight excluding hydrogens is 246 g/mol. The average molecular weight is 258 g/mol. The summed E-state index contributed by atoms with van der Waals surface area (Å²) in [6, 6.07) is 7.25. The van der Waals surface area contributed by atoms with Crippen LogP contribution < -0.4 is 5.32 Å². The van der Waals surface area contributed by atoms with Gasteiger partial charge in [0.2, 0.25) is 0 Å². The van der Waals surface area contributed by atoms with E-state index in [1.165, 1.54) is 0 Å². The Morgan fingerprint density at radius 3 is 2.57 bits per heavy atom. The molecule has 1 aromatic carbocycles. The number of hydrogen-bond donors (Lipinski definition) is 2. The van der Waals surface area contributed by atoms with Gasteiger partial charge in [-0.15, -0.1) is 0 Å². The second-order valence-corrected chi connectivity index (χ2v) is 3.98. The SMILES string of the molecule is C[C@@H](NCc1ccc(Br)cc1)C(=O)O. The molecule has 1 rings (SSSR count). The topological polar surface area (TPSA) is 49.3 Å². The smallest absolute Gasteiger partial charge is 0.320 e. The van der Waals surface area contributed by atoms with Gasteiger partial charge < -0.3 is 10.4 Å². The summed E-state index contributed by atoms with van der Waals surface area (Å²) in [4.78, 5) is 10.5. The predicted molar refractivity (Wildman–Crippen MR) is 58.1 cm³/mol. The van der Waals surface area contributed by atoms with E-state index in [1.54, 1.807) is 6.92 Å². The summed E-state index contributed by atoms with van der Waals surface area (Å²) in [5, 5.41) is 11.5. The molecule has 0 fully saturated rings. The van der Waals surface area contributed by atoms with Gasteiger partial charge in [-0.1, -0.05) is 28.1 Å². The number of benzene rings is 1. The van der Waals surface area contributed by atoms with Crippen LogP contribution in [-0.4, -0.2) is 17.1 Å². The van der Waals surface area contributed by atoms with E-state index in [2.05, 4.69) is 21.2 Å². The maximum Gasteiger partial charge on any atom is 0.320 e. The highest BCUT2D eigenvalue weighted by atomic mass is 79.9. The van der Waals surface area contributed by atoms with Crippen LogP contribution in [0.5, 0.6) is 0 Å². The maximum atomic E-state index is 10.5. The first-order chi connectivity index (χ1) is 6.59. The largest absolute Gasteiger partial charge is 0.480 e. The minimum absolute atomic E-state index is 0.515. The minimum atomic E-state index is -0.831. The number of aliphatic carboxylic acids is 1. The fourth-order valence-electron chi connectivity index (χ4n) is 0.961. The lowest BCUT2D eigenvalue weighted by molar-refractivity contribution is -0.139. The first kappa shape index (κ1) is 11.2. The molecule has 76 valence electrons. The van der Waals surface area contributed by atoms with Gasteiger partial charge in [0.05, 0.1) is 0 Å². The first-order valence-electron chi connectivity index (χ1n) is 4.30. The first-order valence-corrected chi connectivity index (χ1v) is 5.09. The quantitative estimate of drug-likeness (QED) is 0.868. The molecular formula is C10H12BrNO2. The van der Waals surface area contributed by atoms with Crippen molar-refractivity contribution in [1.29, 1.82) is 0 Å². The molecule has 14 heavy (non-hydrogen) atoms. The molecule has 0 radical (unpaired) electrons. The van der Waals surface area contributed by atoms with Crippen LogP contribution in [0.15, 0.2) is 28.7 Å². The molecule has 0 saturated heterocycles. The number of hydrogen-bond acceptors (Lipinski definition) is 2. The van der Waals surface area contributed by atoms with Crippen molar-refractivity contribution >= 4 is 21.9 Å². The predicted octanol–water partition coefficient (Wildman–Crippen LogP) is 2.01. The molecule has 0 aliphatic rings. The van der Waals surface area contributed by atoms with Crippen LogP contribution in [0.4, 0.5) is 0 Å². The fraction of sp³-hybridized carbons (Fsp3) is 0.300. The van der Waals surface area contributed by atoms with E-state index in [9.17, 15) is 4.79 Å². The van der Waals surface area contributed by atoms with E-state index in [4.69, 9.17) is 5.11 Å². The summed E-state index contributed by atoms with van der Waals surface area (Å²) in [6.07, 6.45) is 0. The third kappa shape index (κ3) is 3.47. The number of carboxylic acids is 1. The van der Waals surface area contributed by atoms with Gasteiger partial charge in [0.25, 0.3) is 0 Å². The Hall–Kier alpha value is -0.870. The van der Waals surface area contributed by atoms with Gasteiger partial charge in [-0.25, -0.2) is 0 Å². The Morgan fingerprint density at radius 2 is 2.07 bits per heavy atom. The Balaban J connectivity index is 2.46. The zero-order valence-corrected chi connectivity index (χ0v) is 9.41. The van der Waals surface area contributed by atoms with Crippen molar-refractivity contribution in [2.45, 2.75) is 19.5 Å². The third-order valence-corrected chi connectivity index (χ3v) is 2.42. The molecule has 4 heteroatoms. The number of carboxylic acid groups (broad SMARTS) is 1. The summed E-state index contributed by atoms with van der Waals surface area (Å²) >= 11 is 3.33. The minimum Gasteiger partial charge on any atom is -0.480 e. The Morgan fingerprint density at radius 1 is 1.50 bits per heavy atom. The lowest BCUT2D eigenvalue weighted by Crippen LogP contribution is -2.33. The number of nitrogens with one attached hydrogen (secondary N) is 1. The van der Waals surface area contributed by atoms with Crippen LogP contribution in [-0.2, 0) is 11.3 Å². The number of rotatable bonds is 4. The highest BCUT2D eigenvalue weighted by molar-refractivity contribution is 9.10. The van der Waals surface area contributed by atoms with Gasteiger partial charge >= 0.3 is 5.97 Å². The van der Waals surface area contributed by atoms with Crippen LogP contribution in [0, 0.1) is 0 Å². The normalized spacial score (nSPS) is 12.4. The highest BCUT2D eigenvalue weighted by Crippen LogP contribution is 2.10. The lowest BCUT2D eigenvalue weighted by Gasteiger charge is -2.08. The fourth-order valence-corrected chi connectivity index (χ4v) is 1.22. The van der Waals surface area contributed by atoms with Crippen molar-refractivity contribution in [1.82, 2.24) is 5.32 Å². The van der Waals surface area contributed by atoms with Crippen LogP contribution in [0.2, 0.25) is 0 Å². The molecule has 0 aromatic heterocycles. The molecule has 0 aliphatic carbocycles. The van der Waals surface area contributed by atoms with Gasteiger partial charge in [-0.05, 0) is 24.6 Å². The van der Waals surface area contributed by atoms with Gasteiger partial charge in [0, 0.05) is 11.0 Å². The van der Waals surface area contributed by atoms with E-state index in [1.807, 2.05) is 24.3 Å². The molecule has 0 saturated carbocycles. The highest BCUT2D eigenvalue weighted by Gasteiger charge is 2.08. The van der Waals surface area contributed by atoms with Gasteiger partial charge in [0.1, 0.15) is 6.04 Å². The van der Waals surface area contributed by atoms with E-state index in [-0.39, 0.29) is 0 Å². The molecule has 3 nitrogen and oxygen atoms in total. The van der Waals surface area contributed by atoms with E-state index >= 15 is 0 Å². The summed E-state index contributed by atoms with van der Waals surface area (Å²) in [5.74, 6) is -0.831. The summed E-state index contributed by atoms with van der Waals surface area (Å²) < 4.78 is 1.02. The van der Waals surface area contributed by atoms with Crippen LogP contribution in [0.3, 0.4) is 0 Å². The average Bonchev–Trinajstić information content (AvgIpc) is 2.16. The Labute approximate surface area is 91.3 Å². The van der Waals surface area contributed by atoms with Crippen molar-refractivity contribution in [2.24, 2.45) is 0 Å². The van der Waals surface area contributed by atoms with Crippen molar-refractivity contribution in [3.05, 3.63) is 34.3 Å². The molecule has 1 atom stereocenters. The zero-order chi connectivity index (χ0) is 10.6. The molecule has 0 bridgehead atoms. The second kappa shape index (κ2) is 5.12. The van der Waals surface area contributed by atoms with E-state index in [0.717, 1.165) is 10.0 Å². The molecule has 0 aliphatic heterocycles. The zero-order valence-electron chi connectivity index (χ0n) is 7.83. The molecule has 2 N–H and O–H groups in total. The van der Waals surface area contributed by atoms with Gasteiger partial charge in [-0.3, -0.25) is 4.79 Å². The summed E-state index contributed by atoms with van der Waals surface area (Å²) in [5.41, 5.74) is 1.07. The monoisotopic (exact) mass is 257 g/mol. The van der Waals surface area contributed by atoms with Crippen molar-refractivity contribution < 1.29 is 9.90 Å². The lowest BCUT2D eigenvalue weighted by atomic mass is 10.2. The number of halogens is 1. The molecule has 0 heterocycles. The van der Waals surface area contributed by atoms with E-state index < -0.39 is 12.0 Å². The summed E-state index contributed by atoms with van der Waals surface area (Å²) in [7, 11) is 0. The van der Waals surface area contributed by atoms with Crippen molar-refractivity contribution in [3.63, 3.8) is 0 Å². The summed E-state index contributed by atoms with van der Waals surface area (Å²) in [6.45, 7) is 2.20.